The Bertz CT molecular complexity index is 1070. The zero-order valence-corrected chi connectivity index (χ0v) is 15.3. The molecular weight excluding hydrogens is 346 g/mol. The van der Waals surface area contributed by atoms with Gasteiger partial charge in [-0.25, -0.2) is 9.97 Å². The van der Waals surface area contributed by atoms with Crippen molar-refractivity contribution in [2.45, 2.75) is 20.3 Å². The first-order valence-electron chi connectivity index (χ1n) is 8.47. The Morgan fingerprint density at radius 1 is 1.08 bits per heavy atom. The number of aryl methyl sites for hydroxylation is 2. The molecule has 0 unspecified atom stereocenters. The van der Waals surface area contributed by atoms with E-state index in [2.05, 4.69) is 40.2 Å². The molecule has 0 fully saturated rings. The van der Waals surface area contributed by atoms with Crippen LogP contribution in [0.25, 0.3) is 22.3 Å². The molecule has 0 radical (unpaired) electrons. The van der Waals surface area contributed by atoms with Crippen molar-refractivity contribution in [1.82, 2.24) is 19.9 Å². The summed E-state index contributed by atoms with van der Waals surface area (Å²) in [6.07, 6.45) is 4.42. The summed E-state index contributed by atoms with van der Waals surface area (Å²) in [5.41, 5.74) is 4.17. The molecule has 0 saturated carbocycles. The molecule has 3 aromatic heterocycles. The third-order valence-corrected chi connectivity index (χ3v) is 4.56. The van der Waals surface area contributed by atoms with Crippen LogP contribution in [0.1, 0.15) is 18.2 Å². The number of H-pyrrole nitrogens is 1. The monoisotopic (exact) mass is 363 g/mol. The number of nitrogens with one attached hydrogen (secondary N) is 2. The number of halogens is 1. The van der Waals surface area contributed by atoms with Crippen LogP contribution in [0.15, 0.2) is 48.8 Å². The third-order valence-electron chi connectivity index (χ3n) is 4.33. The zero-order valence-electron chi connectivity index (χ0n) is 14.5. The quantitative estimate of drug-likeness (QED) is 0.517. The van der Waals surface area contributed by atoms with Gasteiger partial charge in [-0.15, -0.1) is 0 Å². The second kappa shape index (κ2) is 6.77. The summed E-state index contributed by atoms with van der Waals surface area (Å²) in [4.78, 5) is 16.9. The van der Waals surface area contributed by atoms with Crippen molar-refractivity contribution in [2.75, 3.05) is 5.32 Å². The van der Waals surface area contributed by atoms with E-state index in [4.69, 9.17) is 16.6 Å². The number of anilines is 2. The molecule has 4 aromatic rings. The highest BCUT2D eigenvalue weighted by atomic mass is 35.5. The molecule has 130 valence electrons. The average molecular weight is 364 g/mol. The number of hydrogen-bond acceptors (Lipinski definition) is 4. The summed E-state index contributed by atoms with van der Waals surface area (Å²) in [6, 6.07) is 11.5. The number of rotatable bonds is 4. The number of aromatic amines is 1. The Morgan fingerprint density at radius 3 is 2.62 bits per heavy atom. The van der Waals surface area contributed by atoms with Crippen molar-refractivity contribution in [1.29, 1.82) is 0 Å². The van der Waals surface area contributed by atoms with Crippen molar-refractivity contribution in [3.05, 3.63) is 65.1 Å². The first-order chi connectivity index (χ1) is 12.6. The van der Waals surface area contributed by atoms with Crippen LogP contribution in [-0.2, 0) is 6.42 Å². The Hall–Kier alpha value is -2.92. The Labute approximate surface area is 156 Å². The van der Waals surface area contributed by atoms with Crippen molar-refractivity contribution in [2.24, 2.45) is 0 Å². The van der Waals surface area contributed by atoms with Gasteiger partial charge in [0.1, 0.15) is 11.6 Å². The summed E-state index contributed by atoms with van der Waals surface area (Å²) in [6.45, 7) is 4.22. The standard InChI is InChI=1S/C20H18ClN5/c1-3-16-12(2)10-18(23-16)25-20-15-11-14(21)4-5-17(15)24-19(26-20)13-6-8-22-9-7-13/h4-11,23H,3H2,1-2H3,(H,24,25,26). The summed E-state index contributed by atoms with van der Waals surface area (Å²) >= 11 is 6.20. The number of hydrogen-bond donors (Lipinski definition) is 2. The molecule has 2 N–H and O–H groups in total. The summed E-state index contributed by atoms with van der Waals surface area (Å²) in [5, 5.41) is 4.93. The molecule has 0 amide bonds. The van der Waals surface area contributed by atoms with Crippen LogP contribution in [0, 0.1) is 6.92 Å². The van der Waals surface area contributed by atoms with Crippen molar-refractivity contribution >= 4 is 34.1 Å². The maximum absolute atomic E-state index is 6.20. The first-order valence-corrected chi connectivity index (χ1v) is 8.85. The van der Waals surface area contributed by atoms with E-state index >= 15 is 0 Å². The van der Waals surface area contributed by atoms with Crippen LogP contribution < -0.4 is 5.32 Å². The molecule has 1 aromatic carbocycles. The fraction of sp³-hybridized carbons (Fsp3) is 0.150. The van der Waals surface area contributed by atoms with Gasteiger partial charge in [0.25, 0.3) is 0 Å². The molecule has 0 aliphatic rings. The smallest absolute Gasteiger partial charge is 0.162 e. The highest BCUT2D eigenvalue weighted by Crippen LogP contribution is 2.29. The molecule has 4 rings (SSSR count). The zero-order chi connectivity index (χ0) is 18.1. The van der Waals surface area contributed by atoms with Crippen LogP contribution in [0.4, 0.5) is 11.6 Å². The minimum atomic E-state index is 0.642. The minimum absolute atomic E-state index is 0.642. The molecule has 0 saturated heterocycles. The molecule has 0 atom stereocenters. The van der Waals surface area contributed by atoms with Crippen LogP contribution in [0.5, 0.6) is 0 Å². The lowest BCUT2D eigenvalue weighted by molar-refractivity contribution is 1.04. The van der Waals surface area contributed by atoms with E-state index < -0.39 is 0 Å². The van der Waals surface area contributed by atoms with Gasteiger partial charge in [-0.1, -0.05) is 18.5 Å². The maximum atomic E-state index is 6.20. The van der Waals surface area contributed by atoms with Gasteiger partial charge in [0, 0.05) is 34.1 Å². The predicted molar refractivity (Wildman–Crippen MR) is 106 cm³/mol. The summed E-state index contributed by atoms with van der Waals surface area (Å²) in [5.74, 6) is 2.26. The van der Waals surface area contributed by atoms with E-state index in [9.17, 15) is 0 Å². The maximum Gasteiger partial charge on any atom is 0.162 e. The molecule has 3 heterocycles. The average Bonchev–Trinajstić information content (AvgIpc) is 3.02. The van der Waals surface area contributed by atoms with Gasteiger partial charge in [0.2, 0.25) is 0 Å². The van der Waals surface area contributed by atoms with Gasteiger partial charge >= 0.3 is 0 Å². The van der Waals surface area contributed by atoms with Gasteiger partial charge in [-0.2, -0.15) is 0 Å². The molecule has 26 heavy (non-hydrogen) atoms. The third kappa shape index (κ3) is 3.13. The van der Waals surface area contributed by atoms with Gasteiger partial charge in [-0.3, -0.25) is 4.98 Å². The number of benzene rings is 1. The lowest BCUT2D eigenvalue weighted by atomic mass is 10.2. The molecule has 0 bridgehead atoms. The molecule has 0 aliphatic carbocycles. The Morgan fingerprint density at radius 2 is 1.88 bits per heavy atom. The highest BCUT2D eigenvalue weighted by molar-refractivity contribution is 6.31. The van der Waals surface area contributed by atoms with E-state index in [1.807, 2.05) is 30.3 Å². The first kappa shape index (κ1) is 16.5. The molecule has 5 nitrogen and oxygen atoms in total. The van der Waals surface area contributed by atoms with Crippen molar-refractivity contribution in [3.63, 3.8) is 0 Å². The van der Waals surface area contributed by atoms with Crippen molar-refractivity contribution < 1.29 is 0 Å². The van der Waals surface area contributed by atoms with Crippen LogP contribution in [0.3, 0.4) is 0 Å². The topological polar surface area (TPSA) is 66.5 Å². The largest absolute Gasteiger partial charge is 0.345 e. The van der Waals surface area contributed by atoms with Gasteiger partial charge in [-0.05, 0) is 55.3 Å². The van der Waals surface area contributed by atoms with Crippen LogP contribution in [0.2, 0.25) is 5.02 Å². The van der Waals surface area contributed by atoms with Crippen molar-refractivity contribution in [3.8, 4) is 11.4 Å². The highest BCUT2D eigenvalue weighted by Gasteiger charge is 2.12. The van der Waals surface area contributed by atoms with E-state index in [1.54, 1.807) is 12.4 Å². The fourth-order valence-electron chi connectivity index (χ4n) is 2.99. The molecule has 0 aliphatic heterocycles. The van der Waals surface area contributed by atoms with Gasteiger partial charge in [0.15, 0.2) is 5.82 Å². The van der Waals surface area contributed by atoms with E-state index in [0.717, 1.165) is 28.7 Å². The van der Waals surface area contributed by atoms with Crippen LogP contribution >= 0.6 is 11.6 Å². The Kier molecular flexibility index (Phi) is 4.31. The van der Waals surface area contributed by atoms with Gasteiger partial charge < -0.3 is 10.3 Å². The second-order valence-electron chi connectivity index (χ2n) is 6.12. The lowest BCUT2D eigenvalue weighted by Gasteiger charge is -2.10. The number of fused-ring (bicyclic) bond motifs is 1. The minimum Gasteiger partial charge on any atom is -0.345 e. The van der Waals surface area contributed by atoms with Gasteiger partial charge in [0.05, 0.1) is 5.52 Å². The SMILES string of the molecule is CCc1[nH]c(Nc2nc(-c3ccncc3)nc3ccc(Cl)cc23)cc1C. The summed E-state index contributed by atoms with van der Waals surface area (Å²) < 4.78 is 0. The Balaban J connectivity index is 1.86. The fourth-order valence-corrected chi connectivity index (χ4v) is 3.16. The molecule has 6 heteroatoms. The second-order valence-corrected chi connectivity index (χ2v) is 6.55. The molecule has 0 spiro atoms. The normalized spacial score (nSPS) is 11.0. The van der Waals surface area contributed by atoms with Crippen LogP contribution in [-0.4, -0.2) is 19.9 Å². The number of nitrogens with zero attached hydrogens (tertiary/aromatic N) is 3. The molecular formula is C20H18ClN5. The number of pyridine rings is 1. The summed E-state index contributed by atoms with van der Waals surface area (Å²) in [7, 11) is 0. The lowest BCUT2D eigenvalue weighted by Crippen LogP contribution is -2.00. The predicted octanol–water partition coefficient (Wildman–Crippen LogP) is 5.29. The van der Waals surface area contributed by atoms with E-state index in [0.29, 0.717) is 16.7 Å². The number of aromatic nitrogens is 4. The van der Waals surface area contributed by atoms with E-state index in [1.165, 1.54) is 11.3 Å². The van der Waals surface area contributed by atoms with E-state index in [-0.39, 0.29) is 0 Å².